The van der Waals surface area contributed by atoms with Crippen molar-refractivity contribution in [1.82, 2.24) is 9.97 Å². The maximum absolute atomic E-state index is 12.7. The Morgan fingerprint density at radius 2 is 1.64 bits per heavy atom. The van der Waals surface area contributed by atoms with E-state index in [9.17, 15) is 9.59 Å². The number of benzene rings is 1. The number of ketones is 1. The molecule has 1 unspecified atom stereocenters. The summed E-state index contributed by atoms with van der Waals surface area (Å²) >= 11 is 0. The Bertz CT molecular complexity index is 1320. The number of aromatic nitrogens is 2. The number of nitrogens with zero attached hydrogens (tertiary/aromatic N) is 5. The van der Waals surface area contributed by atoms with Crippen molar-refractivity contribution < 1.29 is 14.3 Å². The summed E-state index contributed by atoms with van der Waals surface area (Å²) in [6.07, 6.45) is 7.88. The minimum atomic E-state index is -0.163. The molecule has 0 aliphatic carbocycles. The molecule has 0 N–H and O–H groups in total. The molecule has 1 amide bonds. The Labute approximate surface area is 231 Å². The Morgan fingerprint density at radius 3 is 2.23 bits per heavy atom. The molecule has 3 heterocycles. The lowest BCUT2D eigenvalue weighted by Gasteiger charge is -2.22. The molecule has 206 valence electrons. The minimum absolute atomic E-state index is 0.0206. The molecule has 39 heavy (non-hydrogen) atoms. The number of allylic oxidation sites excluding steroid dienone is 2. The lowest BCUT2D eigenvalue weighted by Crippen LogP contribution is -2.27. The van der Waals surface area contributed by atoms with Crippen LogP contribution in [0.4, 0.5) is 5.95 Å². The van der Waals surface area contributed by atoms with Gasteiger partial charge in [-0.15, -0.1) is 0 Å². The Hall–Kier alpha value is -3.94. The first-order chi connectivity index (χ1) is 18.7. The molecule has 4 rings (SSSR count). The fourth-order valence-corrected chi connectivity index (χ4v) is 4.43. The SMILES string of the molecule is CC1=NN(c2ncccn2)C(=O)C1=C(C)C.CCCCC(CC)CN=C1Oc2ccccc2C(=O)C1=C(C)C. The summed E-state index contributed by atoms with van der Waals surface area (Å²) in [6.45, 7) is 14.6. The topological polar surface area (TPSA) is 97.1 Å². The number of carbonyl (C=O) groups excluding carboxylic acids is 2. The van der Waals surface area contributed by atoms with Crippen LogP contribution in [0.2, 0.25) is 0 Å². The number of fused-ring (bicyclic) bond motifs is 1. The van der Waals surface area contributed by atoms with Crippen LogP contribution in [0, 0.1) is 5.92 Å². The van der Waals surface area contributed by atoms with Gasteiger partial charge in [0.25, 0.3) is 11.9 Å². The molecular formula is C31H39N5O3. The summed E-state index contributed by atoms with van der Waals surface area (Å²) in [7, 11) is 0. The van der Waals surface area contributed by atoms with Crippen molar-refractivity contribution in [3.63, 3.8) is 0 Å². The summed E-state index contributed by atoms with van der Waals surface area (Å²) in [6, 6.07) is 9.09. The van der Waals surface area contributed by atoms with E-state index in [1.165, 1.54) is 24.3 Å². The lowest BCUT2D eigenvalue weighted by atomic mass is 9.96. The highest BCUT2D eigenvalue weighted by molar-refractivity contribution is 6.30. The number of carbonyl (C=O) groups is 2. The number of rotatable bonds is 7. The van der Waals surface area contributed by atoms with Crippen LogP contribution < -0.4 is 9.75 Å². The van der Waals surface area contributed by atoms with E-state index in [4.69, 9.17) is 4.74 Å². The summed E-state index contributed by atoms with van der Waals surface area (Å²) < 4.78 is 5.95. The van der Waals surface area contributed by atoms with Gasteiger partial charge in [-0.1, -0.05) is 56.4 Å². The van der Waals surface area contributed by atoms with Gasteiger partial charge in [0, 0.05) is 18.9 Å². The molecule has 2 aromatic rings. The van der Waals surface area contributed by atoms with Gasteiger partial charge in [-0.05, 0) is 65.2 Å². The number of hydrogen-bond acceptors (Lipinski definition) is 7. The maximum Gasteiger partial charge on any atom is 0.283 e. The molecule has 1 aromatic carbocycles. The predicted molar refractivity (Wildman–Crippen MR) is 156 cm³/mol. The fourth-order valence-electron chi connectivity index (χ4n) is 4.43. The van der Waals surface area contributed by atoms with Crippen molar-refractivity contribution in [2.75, 3.05) is 11.6 Å². The van der Waals surface area contributed by atoms with Crippen LogP contribution >= 0.6 is 0 Å². The smallest absolute Gasteiger partial charge is 0.283 e. The Morgan fingerprint density at radius 1 is 0.974 bits per heavy atom. The highest BCUT2D eigenvalue weighted by Crippen LogP contribution is 2.30. The van der Waals surface area contributed by atoms with E-state index in [1.807, 2.05) is 58.9 Å². The van der Waals surface area contributed by atoms with E-state index < -0.39 is 0 Å². The Kier molecular flexibility index (Phi) is 10.4. The molecule has 0 saturated carbocycles. The van der Waals surface area contributed by atoms with E-state index >= 15 is 0 Å². The number of hydrogen-bond donors (Lipinski definition) is 0. The van der Waals surface area contributed by atoms with Gasteiger partial charge in [0.05, 0.1) is 22.4 Å². The summed E-state index contributed by atoms with van der Waals surface area (Å²) in [4.78, 5) is 37.4. The maximum atomic E-state index is 12.7. The summed E-state index contributed by atoms with van der Waals surface area (Å²) in [5.74, 6) is 1.82. The first-order valence-electron chi connectivity index (χ1n) is 13.6. The molecule has 0 fully saturated rings. The van der Waals surface area contributed by atoms with Crippen LogP contribution in [0.5, 0.6) is 5.75 Å². The highest BCUT2D eigenvalue weighted by Gasteiger charge is 2.31. The second kappa shape index (κ2) is 13.7. The van der Waals surface area contributed by atoms with Gasteiger partial charge in [-0.2, -0.15) is 10.1 Å². The molecule has 2 aliphatic rings. The van der Waals surface area contributed by atoms with E-state index in [0.29, 0.717) is 45.9 Å². The monoisotopic (exact) mass is 529 g/mol. The number of hydrazone groups is 1. The first kappa shape index (κ1) is 29.6. The van der Waals surface area contributed by atoms with Crippen molar-refractivity contribution in [3.8, 4) is 5.75 Å². The number of para-hydroxylation sites is 1. The van der Waals surface area contributed by atoms with Crippen LogP contribution in [0.1, 0.15) is 84.5 Å². The zero-order valence-corrected chi connectivity index (χ0v) is 24.1. The predicted octanol–water partition coefficient (Wildman–Crippen LogP) is 6.75. The second-order valence-electron chi connectivity index (χ2n) is 10.1. The third-order valence-electron chi connectivity index (χ3n) is 6.58. The number of ether oxygens (including phenoxy) is 1. The lowest BCUT2D eigenvalue weighted by molar-refractivity contribution is -0.114. The van der Waals surface area contributed by atoms with Gasteiger partial charge in [0.15, 0.2) is 0 Å². The molecule has 0 bridgehead atoms. The van der Waals surface area contributed by atoms with E-state index in [1.54, 1.807) is 18.5 Å². The molecule has 0 spiro atoms. The van der Waals surface area contributed by atoms with Gasteiger partial charge >= 0.3 is 0 Å². The van der Waals surface area contributed by atoms with E-state index in [0.717, 1.165) is 24.1 Å². The fraction of sp³-hybridized carbons (Fsp3) is 0.419. The van der Waals surface area contributed by atoms with E-state index in [-0.39, 0.29) is 11.7 Å². The van der Waals surface area contributed by atoms with Crippen molar-refractivity contribution in [2.45, 2.75) is 74.1 Å². The van der Waals surface area contributed by atoms with E-state index in [2.05, 4.69) is 33.9 Å². The molecule has 8 nitrogen and oxygen atoms in total. The van der Waals surface area contributed by atoms with Crippen LogP contribution in [-0.2, 0) is 4.79 Å². The first-order valence-corrected chi connectivity index (χ1v) is 13.6. The molecule has 1 atom stereocenters. The quantitative estimate of drug-likeness (QED) is 0.370. The molecule has 0 saturated heterocycles. The van der Waals surface area contributed by atoms with Crippen LogP contribution in [0.3, 0.4) is 0 Å². The van der Waals surface area contributed by atoms with Crippen LogP contribution in [0.15, 0.2) is 75.1 Å². The average molecular weight is 530 g/mol. The molecule has 0 radical (unpaired) electrons. The molecule has 1 aromatic heterocycles. The number of anilines is 1. The summed E-state index contributed by atoms with van der Waals surface area (Å²) in [5.41, 5.74) is 4.49. The molecule has 2 aliphatic heterocycles. The van der Waals surface area contributed by atoms with Crippen molar-refractivity contribution in [3.05, 3.63) is 70.6 Å². The third kappa shape index (κ3) is 7.13. The minimum Gasteiger partial charge on any atom is -0.438 e. The number of unbranched alkanes of at least 4 members (excludes halogenated alkanes) is 1. The normalized spacial score (nSPS) is 16.3. The zero-order valence-electron chi connectivity index (χ0n) is 24.1. The van der Waals surface area contributed by atoms with Gasteiger partial charge < -0.3 is 4.74 Å². The van der Waals surface area contributed by atoms with Gasteiger partial charge in [0.2, 0.25) is 11.7 Å². The number of Topliss-reactive ketones (excluding diaryl/α,β-unsaturated/α-hetero) is 1. The zero-order chi connectivity index (χ0) is 28.5. The second-order valence-corrected chi connectivity index (χ2v) is 10.1. The number of amides is 1. The highest BCUT2D eigenvalue weighted by atomic mass is 16.5. The van der Waals surface area contributed by atoms with Gasteiger partial charge in [-0.3, -0.25) is 14.6 Å². The van der Waals surface area contributed by atoms with Crippen molar-refractivity contribution in [1.29, 1.82) is 0 Å². The van der Waals surface area contributed by atoms with Crippen molar-refractivity contribution in [2.24, 2.45) is 16.0 Å². The third-order valence-corrected chi connectivity index (χ3v) is 6.58. The average Bonchev–Trinajstić information content (AvgIpc) is 3.23. The van der Waals surface area contributed by atoms with Gasteiger partial charge in [-0.25, -0.2) is 9.97 Å². The largest absolute Gasteiger partial charge is 0.438 e. The molecule has 8 heteroatoms. The number of aliphatic imine (C=N–C) groups is 1. The summed E-state index contributed by atoms with van der Waals surface area (Å²) in [5, 5.41) is 5.39. The molecular weight excluding hydrogens is 490 g/mol. The van der Waals surface area contributed by atoms with Crippen molar-refractivity contribution >= 4 is 29.2 Å². The Balaban J connectivity index is 0.000000230. The standard InChI is InChI=1S/C20H27NO2.C11H12N4O/c1-5-7-10-15(6-2)13-21-20-18(14(3)4)19(22)16-11-8-9-12-17(16)23-20;1-7(2)9-8(3)14-15(10(9)16)11-12-5-4-6-13-11/h8-9,11-12,15H,5-7,10,13H2,1-4H3;4-6H,1-3H3. The van der Waals surface area contributed by atoms with Crippen LogP contribution in [0.25, 0.3) is 0 Å². The van der Waals surface area contributed by atoms with Gasteiger partial charge in [0.1, 0.15) is 5.75 Å². The van der Waals surface area contributed by atoms with Crippen LogP contribution in [-0.4, -0.2) is 39.8 Å².